The van der Waals surface area contributed by atoms with E-state index in [0.29, 0.717) is 40.1 Å². The number of amides is 4. The molecule has 4 amide bonds. The van der Waals surface area contributed by atoms with Crippen LogP contribution in [0.15, 0.2) is 97.1 Å². The van der Waals surface area contributed by atoms with E-state index in [1.54, 1.807) is 56.3 Å². The molecule has 22 nitrogen and oxygen atoms in total. The Morgan fingerprint density at radius 1 is 0.569 bits per heavy atom. The molecule has 0 aliphatic carbocycles. The lowest BCUT2D eigenvalue weighted by Gasteiger charge is -2.32. The molecule has 1 fully saturated rings. The van der Waals surface area contributed by atoms with Gasteiger partial charge < -0.3 is 71.3 Å². The van der Waals surface area contributed by atoms with Crippen molar-refractivity contribution in [3.63, 3.8) is 0 Å². The first-order chi connectivity index (χ1) is 34.1. The molecule has 2 atom stereocenters. The van der Waals surface area contributed by atoms with Gasteiger partial charge in [-0.25, -0.2) is 19.9 Å². The van der Waals surface area contributed by atoms with E-state index >= 15 is 0 Å². The average molecular weight is 1010 g/mol. The van der Waals surface area contributed by atoms with Gasteiger partial charge in [0.05, 0.1) is 11.2 Å². The number of aromatic nitrogens is 4. The predicted octanol–water partition coefficient (Wildman–Crippen LogP) is 5.07. The summed E-state index contributed by atoms with van der Waals surface area (Å²) in [7, 11) is -0.371. The van der Waals surface area contributed by atoms with Gasteiger partial charge >= 0.3 is 7.12 Å². The van der Waals surface area contributed by atoms with Crippen molar-refractivity contribution in [2.75, 3.05) is 24.2 Å². The van der Waals surface area contributed by atoms with Crippen molar-refractivity contribution in [3.8, 4) is 57.4 Å². The molecular weight excluding hydrogens is 955 g/mol. The number of nitrogens with zero attached hydrogens (tertiary/aromatic N) is 4. The fraction of sp³-hybridized carbons (Fsp3) is 0.250. The lowest BCUT2D eigenvalue weighted by Crippen LogP contribution is -2.41. The Hall–Kier alpha value is -8.41. The van der Waals surface area contributed by atoms with Gasteiger partial charge in [-0.05, 0) is 119 Å². The van der Waals surface area contributed by atoms with Gasteiger partial charge in [0.15, 0.2) is 28.8 Å². The predicted molar refractivity (Wildman–Crippen MR) is 264 cm³/mol. The third kappa shape index (κ3) is 12.9. The quantitative estimate of drug-likeness (QED) is 0.0613. The molecule has 4 aromatic carbocycles. The lowest BCUT2D eigenvalue weighted by molar-refractivity contribution is -0.119. The molecule has 0 saturated carbocycles. The number of anilines is 2. The van der Waals surface area contributed by atoms with E-state index in [2.05, 4.69) is 30.6 Å². The van der Waals surface area contributed by atoms with Crippen LogP contribution in [-0.2, 0) is 18.9 Å². The SMILES string of the molecule is CC1(C)OB(c2ccc(Oc3ccc4c(c3)OCO4)cc2)OC1(C)C.C[C@H](Nc1cc(C(N)=O)nc(-c2ccc(Oc3ccc4c(c3)OCO4)cc2)n1)C(N)=O.C[C@H](Nc1cc(C(N)=O)nc(Cl)n1)C(N)=O. The Labute approximate surface area is 418 Å². The number of benzene rings is 4. The fourth-order valence-electron chi connectivity index (χ4n) is 6.48. The van der Waals surface area contributed by atoms with Gasteiger partial charge in [-0.15, -0.1) is 0 Å². The van der Waals surface area contributed by atoms with Crippen molar-refractivity contribution in [1.29, 1.82) is 0 Å². The summed E-state index contributed by atoms with van der Waals surface area (Å²) >= 11 is 5.57. The highest BCUT2D eigenvalue weighted by molar-refractivity contribution is 6.62. The van der Waals surface area contributed by atoms with Crippen molar-refractivity contribution in [2.24, 2.45) is 22.9 Å². The van der Waals surface area contributed by atoms with Crippen molar-refractivity contribution in [2.45, 2.75) is 64.8 Å². The number of rotatable bonds is 14. The zero-order chi connectivity index (χ0) is 51.9. The number of hydrogen-bond donors (Lipinski definition) is 6. The molecule has 3 aliphatic rings. The number of fused-ring (bicyclic) bond motifs is 2. The molecule has 3 aliphatic heterocycles. The second-order valence-electron chi connectivity index (χ2n) is 17.1. The fourth-order valence-corrected chi connectivity index (χ4v) is 6.66. The summed E-state index contributed by atoms with van der Waals surface area (Å²) < 4.78 is 45.2. The first-order valence-corrected chi connectivity index (χ1v) is 22.4. The molecule has 72 heavy (non-hydrogen) atoms. The molecule has 9 rings (SSSR count). The van der Waals surface area contributed by atoms with E-state index in [9.17, 15) is 19.2 Å². The van der Waals surface area contributed by atoms with E-state index in [1.807, 2.05) is 70.2 Å². The first-order valence-electron chi connectivity index (χ1n) is 22.0. The third-order valence-corrected chi connectivity index (χ3v) is 11.4. The van der Waals surface area contributed by atoms with Crippen molar-refractivity contribution >= 4 is 59.4 Å². The lowest BCUT2D eigenvalue weighted by atomic mass is 9.79. The Kier molecular flexibility index (Phi) is 15.5. The first kappa shape index (κ1) is 51.4. The van der Waals surface area contributed by atoms with Gasteiger partial charge in [-0.2, -0.15) is 0 Å². The zero-order valence-electron chi connectivity index (χ0n) is 39.8. The van der Waals surface area contributed by atoms with Crippen LogP contribution in [0, 0.1) is 0 Å². The van der Waals surface area contributed by atoms with Crippen LogP contribution in [0.1, 0.15) is 62.5 Å². The monoisotopic (exact) mass is 1000 g/mol. The molecular formula is C48H50BClN10O12. The minimum absolute atomic E-state index is 0.00450. The molecule has 0 unspecified atom stereocenters. The van der Waals surface area contributed by atoms with E-state index in [-0.39, 0.29) is 66.0 Å². The summed E-state index contributed by atoms with van der Waals surface area (Å²) in [6.45, 7) is 11.7. The summed E-state index contributed by atoms with van der Waals surface area (Å²) in [5.74, 6) is 3.48. The van der Waals surface area contributed by atoms with E-state index in [4.69, 9.17) is 72.3 Å². The normalized spacial score (nSPS) is 15.1. The van der Waals surface area contributed by atoms with E-state index in [1.165, 1.54) is 12.1 Å². The molecule has 2 aromatic heterocycles. The largest absolute Gasteiger partial charge is 0.494 e. The Morgan fingerprint density at radius 2 is 0.986 bits per heavy atom. The molecule has 6 aromatic rings. The number of nitrogens with one attached hydrogen (secondary N) is 2. The summed E-state index contributed by atoms with van der Waals surface area (Å²) in [5.41, 5.74) is 21.6. The van der Waals surface area contributed by atoms with Gasteiger partial charge in [0.25, 0.3) is 11.8 Å². The second kappa shape index (κ2) is 21.7. The van der Waals surface area contributed by atoms with Crippen molar-refractivity contribution in [3.05, 3.63) is 114 Å². The number of hydrogen-bond acceptors (Lipinski definition) is 18. The van der Waals surface area contributed by atoms with Crippen LogP contribution in [0.25, 0.3) is 11.4 Å². The minimum Gasteiger partial charge on any atom is -0.457 e. The number of primary amides is 4. The third-order valence-electron chi connectivity index (χ3n) is 11.2. The average Bonchev–Trinajstić information content (AvgIpc) is 4.06. The molecule has 5 heterocycles. The van der Waals surface area contributed by atoms with E-state index in [0.717, 1.165) is 17.0 Å². The minimum atomic E-state index is -0.737. The molecule has 0 radical (unpaired) electrons. The van der Waals surface area contributed by atoms with Gasteiger partial charge in [-0.3, -0.25) is 19.2 Å². The standard InChI is InChI=1S/C21H19N5O5.C19H21BO5.C8H10ClN5O2/c1-11(19(22)27)24-18-9-15(20(23)28)25-21(26-18)12-2-4-13(5-3-12)31-14-6-7-16-17(8-14)30-10-29-16;1-18(2)19(3,4)25-20(24-18)13-5-7-14(8-6-13)23-15-9-10-16-17(11-15)22-12-21-16;1-3(6(10)15)12-5-2-4(7(11)16)13-8(9)14-5/h2-9,11H,10H2,1H3,(H2,22,27)(H2,23,28)(H,24,25,26);5-11H,12H2,1-4H3;2-3H,1H3,(H2,10,15)(H2,11,16)(H,12,13,14)/t11-;;3-/m0.0/s1. The highest BCUT2D eigenvalue weighted by Gasteiger charge is 2.51. The van der Waals surface area contributed by atoms with Crippen LogP contribution in [-0.4, -0.2) is 87.6 Å². The topological polar surface area (TPSA) is 322 Å². The van der Waals surface area contributed by atoms with Gasteiger partial charge in [0.1, 0.15) is 58.1 Å². The summed E-state index contributed by atoms with van der Waals surface area (Å²) in [4.78, 5) is 60.6. The van der Waals surface area contributed by atoms with Crippen molar-refractivity contribution < 1.29 is 56.9 Å². The Bertz CT molecular complexity index is 2970. The molecule has 374 valence electrons. The van der Waals surface area contributed by atoms with Crippen LogP contribution in [0.3, 0.4) is 0 Å². The van der Waals surface area contributed by atoms with Gasteiger partial charge in [0.2, 0.25) is 30.7 Å². The molecule has 1 saturated heterocycles. The number of nitrogens with two attached hydrogens (primary N) is 4. The van der Waals surface area contributed by atoms with Crippen LogP contribution < -0.4 is 67.5 Å². The summed E-state index contributed by atoms with van der Waals surface area (Å²) in [6.07, 6.45) is 0. The zero-order valence-corrected chi connectivity index (χ0v) is 40.5. The van der Waals surface area contributed by atoms with Gasteiger partial charge in [-0.1, -0.05) is 12.1 Å². The van der Waals surface area contributed by atoms with Crippen LogP contribution in [0.2, 0.25) is 5.28 Å². The van der Waals surface area contributed by atoms with Crippen LogP contribution >= 0.6 is 11.6 Å². The number of carbonyl (C=O) groups excluding carboxylic acids is 4. The Balaban J connectivity index is 0.000000167. The molecule has 0 spiro atoms. The van der Waals surface area contributed by atoms with Crippen molar-refractivity contribution in [1.82, 2.24) is 19.9 Å². The molecule has 10 N–H and O–H groups in total. The number of carbonyl (C=O) groups is 4. The van der Waals surface area contributed by atoms with Crippen LogP contribution in [0.5, 0.6) is 46.0 Å². The maximum absolute atomic E-state index is 11.7. The Morgan fingerprint density at radius 3 is 1.44 bits per heavy atom. The number of ether oxygens (including phenoxy) is 6. The maximum Gasteiger partial charge on any atom is 0.494 e. The summed E-state index contributed by atoms with van der Waals surface area (Å²) in [5, 5.41) is 5.35. The molecule has 0 bridgehead atoms. The number of halogens is 1. The van der Waals surface area contributed by atoms with E-state index < -0.39 is 35.7 Å². The second-order valence-corrected chi connectivity index (χ2v) is 17.4. The van der Waals surface area contributed by atoms with Gasteiger partial charge in [0, 0.05) is 29.8 Å². The maximum atomic E-state index is 11.7. The highest BCUT2D eigenvalue weighted by Crippen LogP contribution is 2.39. The smallest absolute Gasteiger partial charge is 0.457 e. The summed E-state index contributed by atoms with van der Waals surface area (Å²) in [6, 6.07) is 26.8. The highest BCUT2D eigenvalue weighted by atomic mass is 35.5. The molecule has 24 heteroatoms. The van der Waals surface area contributed by atoms with Crippen LogP contribution in [0.4, 0.5) is 11.6 Å².